The number of imidazole rings is 2. The molecule has 0 unspecified atom stereocenters. The molecule has 12 heteroatoms. The number of amides is 2. The van der Waals surface area contributed by atoms with Gasteiger partial charge in [-0.15, -0.1) is 0 Å². The number of nitrogens with zero attached hydrogens (tertiary/aromatic N) is 6. The Morgan fingerprint density at radius 2 is 1.37 bits per heavy atom. The van der Waals surface area contributed by atoms with Crippen LogP contribution in [0.1, 0.15) is 107 Å². The fourth-order valence-corrected chi connectivity index (χ4v) is 9.69. The number of benzene rings is 2. The van der Waals surface area contributed by atoms with E-state index >= 15 is 0 Å². The highest BCUT2D eigenvalue weighted by atomic mass is 35.5. The Hall–Kier alpha value is -4.03. The summed E-state index contributed by atoms with van der Waals surface area (Å²) < 4.78 is 3.87. The van der Waals surface area contributed by atoms with Gasteiger partial charge < -0.3 is 24.9 Å². The molecule has 2 aromatic heterocycles. The minimum atomic E-state index is -0.291. The number of nitrogens with one attached hydrogen (secondary N) is 2. The monoisotopic (exact) mass is 752 g/mol. The molecule has 0 atom stereocenters. The van der Waals surface area contributed by atoms with Gasteiger partial charge in [-0.2, -0.15) is 0 Å². The highest BCUT2D eigenvalue weighted by Crippen LogP contribution is 2.38. The van der Waals surface area contributed by atoms with Gasteiger partial charge >= 0.3 is 0 Å². The van der Waals surface area contributed by atoms with Crippen molar-refractivity contribution in [2.45, 2.75) is 103 Å². The van der Waals surface area contributed by atoms with Gasteiger partial charge in [-0.1, -0.05) is 55.1 Å². The standard InChI is InChI=1S/C42H53ClN8O3/c1-26-30(11-7-13-32(26)46-41(53)39-45-35-25-51(22-20-37(35)49(39)3)28-15-17-29(52)18-16-28)31-12-8-14-33(38(31)43)47-42(54)40-44-34-24-50(21-19-36(34)48(40)2)23-27-9-5-4-6-10-27/h7-8,11-14,27-29,52H,4-6,9-10,15-25H2,1-3H3,(H,46,53)(H,47,54)/t28-,29+. The van der Waals surface area contributed by atoms with Crippen molar-refractivity contribution in [1.29, 1.82) is 0 Å². The average molecular weight is 753 g/mol. The molecule has 0 spiro atoms. The van der Waals surface area contributed by atoms with E-state index in [0.29, 0.717) is 34.1 Å². The molecule has 0 saturated heterocycles. The Bertz CT molecular complexity index is 2040. The minimum absolute atomic E-state index is 0.181. The molecule has 2 saturated carbocycles. The van der Waals surface area contributed by atoms with Crippen LogP contribution < -0.4 is 10.6 Å². The van der Waals surface area contributed by atoms with Crippen LogP contribution in [0.25, 0.3) is 11.1 Å². The fourth-order valence-electron chi connectivity index (χ4n) is 9.42. The maximum Gasteiger partial charge on any atom is 0.291 e. The number of aliphatic hydroxyl groups is 1. The Kier molecular flexibility index (Phi) is 10.7. The van der Waals surface area contributed by atoms with Crippen LogP contribution in [-0.2, 0) is 40.0 Å². The molecule has 0 bridgehead atoms. The van der Waals surface area contributed by atoms with Crippen molar-refractivity contribution in [3.63, 3.8) is 0 Å². The van der Waals surface area contributed by atoms with Crippen molar-refractivity contribution < 1.29 is 14.7 Å². The molecule has 2 aliphatic heterocycles. The normalized spacial score (nSPS) is 21.1. The average Bonchev–Trinajstić information content (AvgIpc) is 3.69. The van der Waals surface area contributed by atoms with E-state index in [4.69, 9.17) is 21.6 Å². The van der Waals surface area contributed by atoms with Crippen molar-refractivity contribution >= 4 is 34.8 Å². The van der Waals surface area contributed by atoms with E-state index in [0.717, 1.165) is 117 Å². The predicted molar refractivity (Wildman–Crippen MR) is 212 cm³/mol. The molecule has 4 aliphatic rings. The number of fused-ring (bicyclic) bond motifs is 2. The fraction of sp³-hybridized carbons (Fsp3) is 0.524. The maximum absolute atomic E-state index is 13.7. The van der Waals surface area contributed by atoms with Gasteiger partial charge in [-0.25, -0.2) is 9.97 Å². The van der Waals surface area contributed by atoms with Crippen molar-refractivity contribution in [3.05, 3.63) is 81.4 Å². The summed E-state index contributed by atoms with van der Waals surface area (Å²) in [4.78, 5) is 42.1. The SMILES string of the molecule is Cc1c(NC(=O)c2nc3c(n2C)CCN([C@H]2CC[C@@H](O)CC2)C3)cccc1-c1cccc(NC(=O)c2nc3c(n2C)CCN(CC2CCCCC2)C3)c1Cl. The third-order valence-electron chi connectivity index (χ3n) is 12.6. The number of aliphatic hydroxyl groups excluding tert-OH is 1. The van der Waals surface area contributed by atoms with Crippen LogP contribution in [0.15, 0.2) is 36.4 Å². The van der Waals surface area contributed by atoms with Crippen LogP contribution >= 0.6 is 11.6 Å². The van der Waals surface area contributed by atoms with Crippen LogP contribution in [0.2, 0.25) is 5.02 Å². The molecule has 2 amide bonds. The van der Waals surface area contributed by atoms with E-state index in [1.165, 1.54) is 32.1 Å². The molecule has 11 nitrogen and oxygen atoms in total. The van der Waals surface area contributed by atoms with Gasteiger partial charge in [0.25, 0.3) is 11.8 Å². The number of halogens is 1. The first-order valence-corrected chi connectivity index (χ1v) is 20.3. The molecule has 4 heterocycles. The molecule has 4 aromatic rings. The molecule has 2 aromatic carbocycles. The van der Waals surface area contributed by atoms with E-state index in [9.17, 15) is 14.7 Å². The van der Waals surface area contributed by atoms with E-state index in [1.54, 1.807) is 6.07 Å². The highest BCUT2D eigenvalue weighted by molar-refractivity contribution is 6.36. The second kappa shape index (κ2) is 15.6. The van der Waals surface area contributed by atoms with Crippen molar-refractivity contribution in [3.8, 4) is 11.1 Å². The number of aromatic nitrogens is 4. The molecule has 0 radical (unpaired) electrons. The smallest absolute Gasteiger partial charge is 0.291 e. The number of rotatable bonds is 8. The molecular formula is C42H53ClN8O3. The van der Waals surface area contributed by atoms with E-state index in [-0.39, 0.29) is 17.9 Å². The number of carbonyl (C=O) groups excluding carboxylic acids is 2. The zero-order valence-electron chi connectivity index (χ0n) is 31.8. The van der Waals surface area contributed by atoms with Gasteiger partial charge in [0, 0.05) is 88.3 Å². The molecule has 286 valence electrons. The van der Waals surface area contributed by atoms with Gasteiger partial charge in [0.2, 0.25) is 0 Å². The zero-order chi connectivity index (χ0) is 37.5. The van der Waals surface area contributed by atoms with Crippen LogP contribution in [0.4, 0.5) is 11.4 Å². The second-order valence-corrected chi connectivity index (χ2v) is 16.4. The molecule has 8 rings (SSSR count). The van der Waals surface area contributed by atoms with Gasteiger partial charge in [0.1, 0.15) is 0 Å². The van der Waals surface area contributed by atoms with Gasteiger partial charge in [-0.3, -0.25) is 19.4 Å². The lowest BCUT2D eigenvalue weighted by atomic mass is 9.88. The lowest BCUT2D eigenvalue weighted by molar-refractivity contribution is 0.0668. The van der Waals surface area contributed by atoms with Crippen molar-refractivity contribution in [1.82, 2.24) is 28.9 Å². The Morgan fingerprint density at radius 3 is 2.06 bits per heavy atom. The third kappa shape index (κ3) is 7.35. The second-order valence-electron chi connectivity index (χ2n) is 16.0. The van der Waals surface area contributed by atoms with E-state index < -0.39 is 0 Å². The summed E-state index contributed by atoms with van der Waals surface area (Å²) in [6.45, 7) is 6.50. The number of carbonyl (C=O) groups is 2. The van der Waals surface area contributed by atoms with Gasteiger partial charge in [0.05, 0.1) is 28.2 Å². The van der Waals surface area contributed by atoms with Crippen LogP contribution in [0, 0.1) is 12.8 Å². The van der Waals surface area contributed by atoms with Gasteiger partial charge in [-0.05, 0) is 74.6 Å². The summed E-state index contributed by atoms with van der Waals surface area (Å²) in [5.74, 6) is 0.992. The molecule has 2 aliphatic carbocycles. The quantitative estimate of drug-likeness (QED) is 0.179. The molecule has 3 N–H and O–H groups in total. The van der Waals surface area contributed by atoms with Crippen molar-refractivity contribution in [2.24, 2.45) is 20.0 Å². The Morgan fingerprint density at radius 1 is 0.778 bits per heavy atom. The molecular weight excluding hydrogens is 700 g/mol. The Balaban J connectivity index is 0.954. The highest BCUT2D eigenvalue weighted by Gasteiger charge is 2.32. The molecule has 54 heavy (non-hydrogen) atoms. The Labute approximate surface area is 323 Å². The predicted octanol–water partition coefficient (Wildman–Crippen LogP) is 6.89. The van der Waals surface area contributed by atoms with E-state index in [1.807, 2.05) is 60.5 Å². The molecule has 2 fully saturated rings. The summed E-state index contributed by atoms with van der Waals surface area (Å²) >= 11 is 7.04. The first-order valence-electron chi connectivity index (χ1n) is 19.9. The third-order valence-corrected chi connectivity index (χ3v) is 13.0. The number of anilines is 2. The largest absolute Gasteiger partial charge is 0.393 e. The first-order chi connectivity index (χ1) is 26.1. The van der Waals surface area contributed by atoms with Gasteiger partial charge in [0.15, 0.2) is 11.6 Å². The summed E-state index contributed by atoms with van der Waals surface area (Å²) in [7, 11) is 3.85. The lowest BCUT2D eigenvalue weighted by Gasteiger charge is -2.37. The van der Waals surface area contributed by atoms with E-state index in [2.05, 4.69) is 20.4 Å². The summed E-state index contributed by atoms with van der Waals surface area (Å²) in [6, 6.07) is 11.8. The summed E-state index contributed by atoms with van der Waals surface area (Å²) in [5, 5.41) is 16.6. The summed E-state index contributed by atoms with van der Waals surface area (Å²) in [5.41, 5.74) is 7.82. The van der Waals surface area contributed by atoms with Crippen molar-refractivity contribution in [2.75, 3.05) is 30.3 Å². The summed E-state index contributed by atoms with van der Waals surface area (Å²) in [6.07, 6.45) is 11.9. The van der Waals surface area contributed by atoms with Crippen LogP contribution in [-0.4, -0.2) is 77.6 Å². The van der Waals surface area contributed by atoms with Crippen LogP contribution in [0.5, 0.6) is 0 Å². The minimum Gasteiger partial charge on any atom is -0.393 e. The first kappa shape index (κ1) is 36.9. The number of hydrogen-bond donors (Lipinski definition) is 3. The zero-order valence-corrected chi connectivity index (χ0v) is 32.6. The number of hydrogen-bond acceptors (Lipinski definition) is 7. The van der Waals surface area contributed by atoms with Crippen LogP contribution in [0.3, 0.4) is 0 Å². The topological polar surface area (TPSA) is 121 Å². The lowest BCUT2D eigenvalue weighted by Crippen LogP contribution is -2.42. The maximum atomic E-state index is 13.7.